The second kappa shape index (κ2) is 12.2. The second-order valence-electron chi connectivity index (χ2n) is 12.0. The van der Waals surface area contributed by atoms with Gasteiger partial charge in [-0.2, -0.15) is 0 Å². The maximum atomic E-state index is 6.38. The largest absolute Gasteiger partial charge is 0.456 e. The van der Waals surface area contributed by atoms with Crippen LogP contribution in [0.15, 0.2) is 180 Å². The monoisotopic (exact) mass is 627 g/mol. The fourth-order valence-electron chi connectivity index (χ4n) is 7.02. The number of rotatable bonds is 6. The number of para-hydroxylation sites is 1. The van der Waals surface area contributed by atoms with E-state index in [1.807, 2.05) is 42.5 Å². The number of nitrogens with zero attached hydrogens (tertiary/aromatic N) is 3. The van der Waals surface area contributed by atoms with Crippen molar-refractivity contribution in [3.8, 4) is 67.0 Å². The summed E-state index contributed by atoms with van der Waals surface area (Å²) in [5, 5.41) is 16.2. The van der Waals surface area contributed by atoms with E-state index < -0.39 is 0 Å². The van der Waals surface area contributed by atoms with E-state index in [4.69, 9.17) is 9.52 Å². The Morgan fingerprint density at radius 2 is 0.837 bits per heavy atom. The molecule has 230 valence electrons. The van der Waals surface area contributed by atoms with Crippen LogP contribution in [0, 0.1) is 0 Å². The lowest BCUT2D eigenvalue weighted by Gasteiger charge is -2.21. The number of benzene rings is 7. The third-order valence-corrected chi connectivity index (χ3v) is 9.17. The summed E-state index contributed by atoms with van der Waals surface area (Å²) in [6.45, 7) is 0. The Hall–Kier alpha value is -6.65. The van der Waals surface area contributed by atoms with Crippen molar-refractivity contribution in [1.29, 1.82) is 0 Å². The molecule has 0 atom stereocenters. The molecule has 0 aliphatic rings. The van der Waals surface area contributed by atoms with Gasteiger partial charge >= 0.3 is 0 Å². The maximum Gasteiger partial charge on any atom is 0.136 e. The van der Waals surface area contributed by atoms with Gasteiger partial charge in [0.25, 0.3) is 0 Å². The Kier molecular flexibility index (Phi) is 7.10. The van der Waals surface area contributed by atoms with Crippen LogP contribution in [0.5, 0.6) is 0 Å². The highest BCUT2D eigenvalue weighted by Gasteiger charge is 2.26. The molecule has 0 saturated heterocycles. The summed E-state index contributed by atoms with van der Waals surface area (Å²) in [6.07, 6.45) is 0. The molecule has 0 aliphatic heterocycles. The van der Waals surface area contributed by atoms with E-state index in [-0.39, 0.29) is 0 Å². The lowest BCUT2D eigenvalue weighted by atomic mass is 9.83. The highest BCUT2D eigenvalue weighted by molar-refractivity contribution is 6.15. The molecule has 4 nitrogen and oxygen atoms in total. The van der Waals surface area contributed by atoms with Crippen molar-refractivity contribution < 1.29 is 4.42 Å². The van der Waals surface area contributed by atoms with Gasteiger partial charge in [-0.05, 0) is 56.3 Å². The van der Waals surface area contributed by atoms with Gasteiger partial charge in [0, 0.05) is 27.5 Å². The SMILES string of the molecule is c1ccc(-c2ccccc2-c2cccc(-c3cccc4oc5ccccc5c34)c2-c2nnnc(-c3ccccc3)c2-c2ccccc2)cc1. The third-order valence-electron chi connectivity index (χ3n) is 9.17. The summed E-state index contributed by atoms with van der Waals surface area (Å²) in [5.41, 5.74) is 13.7. The first kappa shape index (κ1) is 28.6. The minimum atomic E-state index is 0.762. The Balaban J connectivity index is 1.44. The van der Waals surface area contributed by atoms with Crippen molar-refractivity contribution >= 4 is 21.9 Å². The van der Waals surface area contributed by atoms with Gasteiger partial charge in [0.15, 0.2) is 0 Å². The van der Waals surface area contributed by atoms with E-state index >= 15 is 0 Å². The molecule has 0 radical (unpaired) electrons. The first-order valence-electron chi connectivity index (χ1n) is 16.4. The van der Waals surface area contributed by atoms with Crippen LogP contribution < -0.4 is 0 Å². The van der Waals surface area contributed by atoms with E-state index in [1.54, 1.807) is 0 Å². The Morgan fingerprint density at radius 3 is 1.59 bits per heavy atom. The van der Waals surface area contributed by atoms with Crippen molar-refractivity contribution in [2.75, 3.05) is 0 Å². The smallest absolute Gasteiger partial charge is 0.136 e. The number of hydrogen-bond donors (Lipinski definition) is 0. The molecule has 0 N–H and O–H groups in total. The molecule has 49 heavy (non-hydrogen) atoms. The van der Waals surface area contributed by atoms with Gasteiger partial charge in [-0.3, -0.25) is 0 Å². The van der Waals surface area contributed by atoms with Gasteiger partial charge in [0.1, 0.15) is 22.6 Å². The average Bonchev–Trinajstić information content (AvgIpc) is 3.57. The Morgan fingerprint density at radius 1 is 0.327 bits per heavy atom. The molecule has 0 fully saturated rings. The maximum absolute atomic E-state index is 6.38. The minimum Gasteiger partial charge on any atom is -0.456 e. The van der Waals surface area contributed by atoms with E-state index in [0.29, 0.717) is 0 Å². The van der Waals surface area contributed by atoms with Crippen LogP contribution >= 0.6 is 0 Å². The molecule has 0 amide bonds. The molecule has 0 bridgehead atoms. The van der Waals surface area contributed by atoms with E-state index in [0.717, 1.165) is 89.0 Å². The zero-order valence-corrected chi connectivity index (χ0v) is 26.5. The van der Waals surface area contributed by atoms with Crippen LogP contribution in [0.1, 0.15) is 0 Å². The Bertz CT molecular complexity index is 2590. The lowest BCUT2D eigenvalue weighted by Crippen LogP contribution is -2.03. The molecule has 4 heteroatoms. The summed E-state index contributed by atoms with van der Waals surface area (Å²) < 4.78 is 6.38. The molecule has 0 spiro atoms. The van der Waals surface area contributed by atoms with Crippen molar-refractivity contribution in [2.24, 2.45) is 0 Å². The van der Waals surface area contributed by atoms with Crippen LogP contribution in [0.2, 0.25) is 0 Å². The zero-order valence-electron chi connectivity index (χ0n) is 26.5. The molecule has 7 aromatic carbocycles. The summed E-state index contributed by atoms with van der Waals surface area (Å²) >= 11 is 0. The molecule has 2 aromatic heterocycles. The summed E-state index contributed by atoms with van der Waals surface area (Å²) in [4.78, 5) is 0. The number of fused-ring (bicyclic) bond motifs is 3. The average molecular weight is 628 g/mol. The molecule has 9 rings (SSSR count). The summed E-state index contributed by atoms with van der Waals surface area (Å²) in [7, 11) is 0. The van der Waals surface area contributed by atoms with E-state index in [2.05, 4.69) is 144 Å². The topological polar surface area (TPSA) is 51.8 Å². The van der Waals surface area contributed by atoms with E-state index in [1.165, 1.54) is 0 Å². The number of aromatic nitrogens is 3. The van der Waals surface area contributed by atoms with Crippen LogP contribution in [-0.2, 0) is 0 Å². The molecular weight excluding hydrogens is 599 g/mol. The van der Waals surface area contributed by atoms with Gasteiger partial charge in [-0.25, -0.2) is 0 Å². The first-order valence-corrected chi connectivity index (χ1v) is 16.4. The van der Waals surface area contributed by atoms with Gasteiger partial charge in [0.2, 0.25) is 0 Å². The molecule has 0 saturated carbocycles. The van der Waals surface area contributed by atoms with Gasteiger partial charge in [0.05, 0.1) is 0 Å². The summed E-state index contributed by atoms with van der Waals surface area (Å²) in [6, 6.07) is 60.9. The first-order chi connectivity index (χ1) is 24.3. The standard InChI is InChI=1S/C45H29N3O/c1-4-16-30(17-5-1)33-22-10-11-23-34(33)35-25-14-26-37(36-27-15-29-40-42(36)38-24-12-13-28-39(38)49-40)43(35)45-41(31-18-6-2-7-19-31)44(46-48-47-45)32-20-8-3-9-21-32/h1-29H. The lowest BCUT2D eigenvalue weighted by molar-refractivity contribution is 0.669. The molecule has 0 unspecified atom stereocenters. The van der Waals surface area contributed by atoms with Crippen LogP contribution in [0.4, 0.5) is 0 Å². The predicted molar refractivity (Wildman–Crippen MR) is 200 cm³/mol. The number of furan rings is 1. The van der Waals surface area contributed by atoms with Crippen LogP contribution in [0.25, 0.3) is 89.0 Å². The summed E-state index contributed by atoms with van der Waals surface area (Å²) in [5.74, 6) is 0. The fourth-order valence-corrected chi connectivity index (χ4v) is 7.02. The minimum absolute atomic E-state index is 0.762. The van der Waals surface area contributed by atoms with Gasteiger partial charge in [-0.1, -0.05) is 164 Å². The zero-order chi connectivity index (χ0) is 32.6. The molecule has 0 aliphatic carbocycles. The molecule has 2 heterocycles. The van der Waals surface area contributed by atoms with E-state index in [9.17, 15) is 0 Å². The third kappa shape index (κ3) is 4.98. The highest BCUT2D eigenvalue weighted by atomic mass is 16.3. The number of hydrogen-bond acceptors (Lipinski definition) is 4. The predicted octanol–water partition coefficient (Wildman–Crippen LogP) is 11.8. The second-order valence-corrected chi connectivity index (χ2v) is 12.0. The molecular formula is C45H29N3O. The van der Waals surface area contributed by atoms with Gasteiger partial charge in [-0.15, -0.1) is 10.2 Å². The highest BCUT2D eigenvalue weighted by Crippen LogP contribution is 2.48. The Labute approximate surface area is 284 Å². The van der Waals surface area contributed by atoms with Gasteiger partial charge < -0.3 is 4.42 Å². The van der Waals surface area contributed by atoms with Crippen molar-refractivity contribution in [3.63, 3.8) is 0 Å². The van der Waals surface area contributed by atoms with Crippen LogP contribution in [0.3, 0.4) is 0 Å². The van der Waals surface area contributed by atoms with Crippen molar-refractivity contribution in [3.05, 3.63) is 176 Å². The van der Waals surface area contributed by atoms with Crippen molar-refractivity contribution in [2.45, 2.75) is 0 Å². The van der Waals surface area contributed by atoms with Crippen LogP contribution in [-0.4, -0.2) is 15.4 Å². The van der Waals surface area contributed by atoms with Crippen molar-refractivity contribution in [1.82, 2.24) is 15.4 Å². The quantitative estimate of drug-likeness (QED) is 0.184. The normalized spacial score (nSPS) is 11.3. The fraction of sp³-hybridized carbons (Fsp3) is 0. The molecule has 9 aromatic rings.